The second kappa shape index (κ2) is 8.59. The van der Waals surface area contributed by atoms with E-state index >= 15 is 0 Å². The van der Waals surface area contributed by atoms with E-state index in [1.54, 1.807) is 0 Å². The van der Waals surface area contributed by atoms with Gasteiger partial charge in [-0.25, -0.2) is 9.97 Å². The summed E-state index contributed by atoms with van der Waals surface area (Å²) >= 11 is 4.54. The van der Waals surface area contributed by atoms with Gasteiger partial charge in [-0.05, 0) is 72.8 Å². The number of benzene rings is 1. The Hall–Kier alpha value is -3.69. The molecule has 0 atom stereocenters. The van der Waals surface area contributed by atoms with Crippen molar-refractivity contribution in [1.82, 2.24) is 19.9 Å². The van der Waals surface area contributed by atoms with Crippen LogP contribution in [0.1, 0.15) is 22.8 Å². The molecule has 4 aromatic rings. The number of rotatable bonds is 0. The molecule has 2 aliphatic rings. The number of hydrogen-bond acceptors (Lipinski definition) is 2. The predicted octanol–water partition coefficient (Wildman–Crippen LogP) is 5.51. The van der Waals surface area contributed by atoms with Crippen LogP contribution in [0.2, 0.25) is 0 Å². The summed E-state index contributed by atoms with van der Waals surface area (Å²) in [6.45, 7) is 0. The zero-order valence-corrected chi connectivity index (χ0v) is 17.5. The fourth-order valence-corrected chi connectivity index (χ4v) is 3.54. The Bertz CT molecular complexity index is 1270. The summed E-state index contributed by atoms with van der Waals surface area (Å²) < 4.78 is 0.947. The van der Waals surface area contributed by atoms with Crippen molar-refractivity contribution >= 4 is 50.9 Å². The number of H-pyrrole nitrogens is 2. The predicted molar refractivity (Wildman–Crippen MR) is 125 cm³/mol. The fourth-order valence-electron chi connectivity index (χ4n) is 3.35. The van der Waals surface area contributed by atoms with Gasteiger partial charge in [0.25, 0.3) is 0 Å². The van der Waals surface area contributed by atoms with E-state index in [-0.39, 0.29) is 0 Å². The van der Waals surface area contributed by atoms with Crippen LogP contribution < -0.4 is 4.53 Å². The van der Waals surface area contributed by atoms with Crippen LogP contribution in [-0.4, -0.2) is 19.9 Å². The molecule has 0 aliphatic carbocycles. The van der Waals surface area contributed by atoms with Crippen molar-refractivity contribution in [2.45, 2.75) is 0 Å². The Morgan fingerprint density at radius 3 is 1.13 bits per heavy atom. The Kier molecular flexibility index (Phi) is 5.34. The molecule has 3 aromatic heterocycles. The number of nitrogens with one attached hydrogen (secondary N) is 2. The molecule has 2 N–H and O–H groups in total. The van der Waals surface area contributed by atoms with Crippen LogP contribution in [0.5, 0.6) is 0 Å². The molecule has 5 heteroatoms. The van der Waals surface area contributed by atoms with Crippen molar-refractivity contribution < 1.29 is 15.5 Å². The van der Waals surface area contributed by atoms with Gasteiger partial charge in [0.15, 0.2) is 0 Å². The number of aromatic nitrogens is 4. The summed E-state index contributed by atoms with van der Waals surface area (Å²) in [6, 6.07) is 26.0. The average molecular weight is 446 g/mol. The number of fused-ring (bicyclic) bond motifs is 8. The molecule has 4 nitrogen and oxygen atoms in total. The standard InChI is InChI=1S/C20H14N4.C6H5.Ni/c1-2-14-10-16-5-6-18(23-16)12-20-8-7-19(24-20)11-17-4-3-15(22-17)9-13(1)21-14;1-2-4-6-5-3-1;/h1-12,21,24H;1-5H;. The van der Waals surface area contributed by atoms with Crippen molar-refractivity contribution in [3.63, 3.8) is 0 Å². The fraction of sp³-hybridized carbons (Fsp3) is 0. The SMILES string of the molecule is C1=Cc2cc3ccc(cc4nc(cc5ccc(cc1n2)[nH]5)C=C4)[nH]3.[Ni][c]1ccccc1. The molecule has 0 radical (unpaired) electrons. The minimum atomic E-state index is 0.939. The van der Waals surface area contributed by atoms with Gasteiger partial charge in [0.05, 0.1) is 22.8 Å². The summed E-state index contributed by atoms with van der Waals surface area (Å²) in [6.07, 6.45) is 8.09. The normalized spacial score (nSPS) is 11.8. The monoisotopic (exact) mass is 445 g/mol. The van der Waals surface area contributed by atoms with Gasteiger partial charge in [0, 0.05) is 22.1 Å². The van der Waals surface area contributed by atoms with Crippen molar-refractivity contribution in [3.8, 4) is 0 Å². The first-order valence-electron chi connectivity index (χ1n) is 9.92. The second-order valence-electron chi connectivity index (χ2n) is 7.17. The molecule has 0 spiro atoms. The second-order valence-corrected chi connectivity index (χ2v) is 7.74. The van der Waals surface area contributed by atoms with Gasteiger partial charge in [-0.1, -0.05) is 0 Å². The van der Waals surface area contributed by atoms with Crippen LogP contribution in [0.15, 0.2) is 78.9 Å². The number of aromatic amines is 2. The zero-order valence-electron chi connectivity index (χ0n) is 16.5. The third-order valence-electron chi connectivity index (χ3n) is 4.75. The van der Waals surface area contributed by atoms with Crippen LogP contribution in [-0.2, 0) is 15.5 Å². The summed E-state index contributed by atoms with van der Waals surface area (Å²) in [5, 5.41) is 0. The molecule has 0 saturated carbocycles. The first-order valence-corrected chi connectivity index (χ1v) is 10.4. The van der Waals surface area contributed by atoms with Crippen molar-refractivity contribution in [2.75, 3.05) is 0 Å². The molecule has 0 amide bonds. The molecule has 0 unspecified atom stereocenters. The molecule has 8 bridgehead atoms. The van der Waals surface area contributed by atoms with Crippen molar-refractivity contribution in [1.29, 1.82) is 0 Å². The van der Waals surface area contributed by atoms with Crippen LogP contribution >= 0.6 is 0 Å². The Labute approximate surface area is 187 Å². The van der Waals surface area contributed by atoms with Gasteiger partial charge < -0.3 is 9.97 Å². The Morgan fingerprint density at radius 1 is 0.484 bits per heavy atom. The van der Waals surface area contributed by atoms with Gasteiger partial charge in [0.2, 0.25) is 0 Å². The quantitative estimate of drug-likeness (QED) is 0.302. The summed E-state index contributed by atoms with van der Waals surface area (Å²) in [5.74, 6) is 0. The van der Waals surface area contributed by atoms with Crippen LogP contribution in [0.25, 0.3) is 46.4 Å². The molecule has 2 aliphatic heterocycles. The third kappa shape index (κ3) is 4.91. The summed E-state index contributed by atoms with van der Waals surface area (Å²) in [7, 11) is 0. The molecule has 31 heavy (non-hydrogen) atoms. The van der Waals surface area contributed by atoms with E-state index in [0.29, 0.717) is 0 Å². The van der Waals surface area contributed by atoms with Crippen molar-refractivity contribution in [3.05, 3.63) is 102 Å². The molecule has 153 valence electrons. The zero-order chi connectivity index (χ0) is 21.0. The molecule has 1 aromatic carbocycles. The molecule has 5 heterocycles. The third-order valence-corrected chi connectivity index (χ3v) is 5.08. The Balaban J connectivity index is 0.000000250. The maximum atomic E-state index is 4.63. The van der Waals surface area contributed by atoms with Crippen LogP contribution in [0.4, 0.5) is 0 Å². The van der Waals surface area contributed by atoms with Gasteiger partial charge >= 0.3 is 50.3 Å². The first kappa shape index (κ1) is 19.3. The molecule has 6 rings (SSSR count). The Morgan fingerprint density at radius 2 is 0.839 bits per heavy atom. The topological polar surface area (TPSA) is 57.4 Å². The van der Waals surface area contributed by atoms with E-state index in [1.165, 1.54) is 0 Å². The van der Waals surface area contributed by atoms with Gasteiger partial charge in [-0.2, -0.15) is 0 Å². The number of nitrogens with zero attached hydrogens (tertiary/aromatic N) is 2. The molecule has 0 fully saturated rings. The van der Waals surface area contributed by atoms with Crippen LogP contribution in [0, 0.1) is 0 Å². The number of hydrogen-bond donors (Lipinski definition) is 2. The first-order chi connectivity index (χ1) is 15.2. The van der Waals surface area contributed by atoms with Crippen LogP contribution in [0.3, 0.4) is 0 Å². The van der Waals surface area contributed by atoms with E-state index < -0.39 is 0 Å². The van der Waals surface area contributed by atoms with E-state index in [1.807, 2.05) is 78.9 Å². The molecule has 0 saturated heterocycles. The van der Waals surface area contributed by atoms with E-state index in [2.05, 4.69) is 59.7 Å². The maximum absolute atomic E-state index is 4.63. The van der Waals surface area contributed by atoms with Crippen molar-refractivity contribution in [2.24, 2.45) is 0 Å². The summed E-state index contributed by atoms with van der Waals surface area (Å²) in [5.41, 5.74) is 7.86. The van der Waals surface area contributed by atoms with E-state index in [0.717, 1.165) is 49.4 Å². The van der Waals surface area contributed by atoms with E-state index in [4.69, 9.17) is 0 Å². The molecular formula is C26H19N4Ni. The summed E-state index contributed by atoms with van der Waals surface area (Å²) in [4.78, 5) is 16.0. The van der Waals surface area contributed by atoms with E-state index in [9.17, 15) is 0 Å². The van der Waals surface area contributed by atoms with Gasteiger partial charge in [-0.3, -0.25) is 0 Å². The average Bonchev–Trinajstić information content (AvgIpc) is 3.55. The molecular weight excluding hydrogens is 427 g/mol. The minimum absolute atomic E-state index is 0.939. The van der Waals surface area contributed by atoms with Gasteiger partial charge in [0.1, 0.15) is 0 Å². The van der Waals surface area contributed by atoms with Gasteiger partial charge in [-0.15, -0.1) is 0 Å².